The maximum Gasteiger partial charge on any atom is 0.0637 e. The SMILES string of the molecule is CCN(CCOC)c1ccc(CNC2CC2)c(C)c1. The van der Waals surface area contributed by atoms with E-state index in [1.807, 2.05) is 0 Å². The molecule has 19 heavy (non-hydrogen) atoms. The van der Waals surface area contributed by atoms with Crippen LogP contribution in [0.2, 0.25) is 0 Å². The van der Waals surface area contributed by atoms with Crippen LogP contribution in [-0.2, 0) is 11.3 Å². The van der Waals surface area contributed by atoms with Crippen LogP contribution in [-0.4, -0.2) is 32.8 Å². The minimum Gasteiger partial charge on any atom is -0.383 e. The third kappa shape index (κ3) is 4.22. The number of hydrogen-bond donors (Lipinski definition) is 1. The molecule has 1 N–H and O–H groups in total. The average Bonchev–Trinajstić information content (AvgIpc) is 3.23. The lowest BCUT2D eigenvalue weighted by Crippen LogP contribution is -2.27. The van der Waals surface area contributed by atoms with Gasteiger partial charge in [0, 0.05) is 38.5 Å². The van der Waals surface area contributed by atoms with Gasteiger partial charge in [0.1, 0.15) is 0 Å². The lowest BCUT2D eigenvalue weighted by Gasteiger charge is -2.23. The molecule has 1 aliphatic rings. The van der Waals surface area contributed by atoms with E-state index in [9.17, 15) is 0 Å². The van der Waals surface area contributed by atoms with Crippen molar-refractivity contribution in [3.8, 4) is 0 Å². The lowest BCUT2D eigenvalue weighted by molar-refractivity contribution is 0.205. The molecule has 1 aromatic rings. The van der Waals surface area contributed by atoms with Gasteiger partial charge in [0.15, 0.2) is 0 Å². The number of aryl methyl sites for hydroxylation is 1. The Hall–Kier alpha value is -1.06. The molecule has 0 heterocycles. The highest BCUT2D eigenvalue weighted by molar-refractivity contribution is 5.50. The Morgan fingerprint density at radius 1 is 1.37 bits per heavy atom. The highest BCUT2D eigenvalue weighted by Crippen LogP contribution is 2.22. The highest BCUT2D eigenvalue weighted by Gasteiger charge is 2.20. The molecule has 3 nitrogen and oxygen atoms in total. The average molecular weight is 262 g/mol. The van der Waals surface area contributed by atoms with Crippen molar-refractivity contribution in [1.29, 1.82) is 0 Å². The van der Waals surface area contributed by atoms with Crippen molar-refractivity contribution in [3.63, 3.8) is 0 Å². The van der Waals surface area contributed by atoms with Crippen LogP contribution < -0.4 is 10.2 Å². The lowest BCUT2D eigenvalue weighted by atomic mass is 10.1. The Morgan fingerprint density at radius 2 is 2.16 bits per heavy atom. The second-order valence-corrected chi connectivity index (χ2v) is 5.34. The smallest absolute Gasteiger partial charge is 0.0637 e. The van der Waals surface area contributed by atoms with Crippen LogP contribution in [0.4, 0.5) is 5.69 Å². The van der Waals surface area contributed by atoms with Crippen molar-refractivity contribution in [2.24, 2.45) is 0 Å². The van der Waals surface area contributed by atoms with E-state index in [0.29, 0.717) is 0 Å². The number of nitrogens with one attached hydrogen (secondary N) is 1. The molecule has 0 bridgehead atoms. The fourth-order valence-electron chi connectivity index (χ4n) is 2.29. The maximum absolute atomic E-state index is 5.17. The highest BCUT2D eigenvalue weighted by atomic mass is 16.5. The summed E-state index contributed by atoms with van der Waals surface area (Å²) < 4.78 is 5.17. The van der Waals surface area contributed by atoms with Crippen molar-refractivity contribution in [3.05, 3.63) is 29.3 Å². The van der Waals surface area contributed by atoms with Crippen LogP contribution in [0.5, 0.6) is 0 Å². The quantitative estimate of drug-likeness (QED) is 0.779. The third-order valence-electron chi connectivity index (χ3n) is 3.80. The normalized spacial score (nSPS) is 14.7. The fourth-order valence-corrected chi connectivity index (χ4v) is 2.29. The second-order valence-electron chi connectivity index (χ2n) is 5.34. The zero-order chi connectivity index (χ0) is 13.7. The van der Waals surface area contributed by atoms with Crippen LogP contribution in [0.25, 0.3) is 0 Å². The second kappa shape index (κ2) is 6.92. The molecular formula is C16H26N2O. The zero-order valence-corrected chi connectivity index (χ0v) is 12.4. The van der Waals surface area contributed by atoms with Crippen LogP contribution in [0.1, 0.15) is 30.9 Å². The molecule has 0 spiro atoms. The van der Waals surface area contributed by atoms with Crippen LogP contribution in [0.15, 0.2) is 18.2 Å². The Bertz CT molecular complexity index is 402. The van der Waals surface area contributed by atoms with E-state index < -0.39 is 0 Å². The van der Waals surface area contributed by atoms with E-state index in [4.69, 9.17) is 4.74 Å². The standard InChI is InChI=1S/C16H26N2O/c1-4-18(9-10-19-3)16-8-5-14(13(2)11-16)12-17-15-6-7-15/h5,8,11,15,17H,4,6-7,9-10,12H2,1-3H3. The summed E-state index contributed by atoms with van der Waals surface area (Å²) in [5.74, 6) is 0. The Kier molecular flexibility index (Phi) is 5.23. The number of benzene rings is 1. The minimum atomic E-state index is 0.771. The first-order valence-corrected chi connectivity index (χ1v) is 7.31. The van der Waals surface area contributed by atoms with Gasteiger partial charge in [0.2, 0.25) is 0 Å². The summed E-state index contributed by atoms with van der Waals surface area (Å²) in [7, 11) is 1.76. The van der Waals surface area contributed by atoms with Gasteiger partial charge in [0.05, 0.1) is 6.61 Å². The topological polar surface area (TPSA) is 24.5 Å². The number of hydrogen-bond acceptors (Lipinski definition) is 3. The summed E-state index contributed by atoms with van der Waals surface area (Å²) >= 11 is 0. The third-order valence-corrected chi connectivity index (χ3v) is 3.80. The number of methoxy groups -OCH3 is 1. The van der Waals surface area contributed by atoms with Gasteiger partial charge in [-0.2, -0.15) is 0 Å². The van der Waals surface area contributed by atoms with Gasteiger partial charge in [-0.15, -0.1) is 0 Å². The number of rotatable bonds is 8. The number of anilines is 1. The Morgan fingerprint density at radius 3 is 2.74 bits per heavy atom. The van der Waals surface area contributed by atoms with Crippen LogP contribution in [0, 0.1) is 6.92 Å². The van der Waals surface area contributed by atoms with Crippen molar-refractivity contribution >= 4 is 5.69 Å². The van der Waals surface area contributed by atoms with Gasteiger partial charge in [-0.25, -0.2) is 0 Å². The van der Waals surface area contributed by atoms with E-state index in [1.165, 1.54) is 29.7 Å². The van der Waals surface area contributed by atoms with Crippen molar-refractivity contribution in [2.45, 2.75) is 39.3 Å². The molecule has 3 heteroatoms. The predicted octanol–water partition coefficient (Wildman–Crippen LogP) is 2.72. The van der Waals surface area contributed by atoms with E-state index in [2.05, 4.69) is 42.3 Å². The van der Waals surface area contributed by atoms with Gasteiger partial charge in [-0.1, -0.05) is 6.07 Å². The van der Waals surface area contributed by atoms with Crippen molar-refractivity contribution in [2.75, 3.05) is 31.7 Å². The summed E-state index contributed by atoms with van der Waals surface area (Å²) in [5.41, 5.74) is 4.09. The molecule has 0 amide bonds. The molecule has 1 fully saturated rings. The van der Waals surface area contributed by atoms with Crippen molar-refractivity contribution in [1.82, 2.24) is 5.32 Å². The summed E-state index contributed by atoms with van der Waals surface area (Å²) in [5, 5.41) is 3.58. The van der Waals surface area contributed by atoms with Gasteiger partial charge in [-0.3, -0.25) is 0 Å². The first-order chi connectivity index (χ1) is 9.24. The number of ether oxygens (including phenoxy) is 1. The molecule has 0 unspecified atom stereocenters. The monoisotopic (exact) mass is 262 g/mol. The largest absolute Gasteiger partial charge is 0.383 e. The molecule has 0 saturated heterocycles. The van der Waals surface area contributed by atoms with Gasteiger partial charge in [0.25, 0.3) is 0 Å². The maximum atomic E-state index is 5.17. The molecule has 0 radical (unpaired) electrons. The van der Waals surface area contributed by atoms with Crippen molar-refractivity contribution < 1.29 is 4.74 Å². The number of nitrogens with zero attached hydrogens (tertiary/aromatic N) is 1. The molecule has 2 rings (SSSR count). The molecule has 1 saturated carbocycles. The summed E-state index contributed by atoms with van der Waals surface area (Å²) in [6.07, 6.45) is 2.69. The van der Waals surface area contributed by atoms with Crippen LogP contribution >= 0.6 is 0 Å². The van der Waals surface area contributed by atoms with Gasteiger partial charge >= 0.3 is 0 Å². The molecule has 106 valence electrons. The molecule has 0 aliphatic heterocycles. The Balaban J connectivity index is 1.98. The Labute approximate surface area is 116 Å². The molecule has 1 aliphatic carbocycles. The van der Waals surface area contributed by atoms with Crippen LogP contribution in [0.3, 0.4) is 0 Å². The predicted molar refractivity (Wildman–Crippen MR) is 80.8 cm³/mol. The zero-order valence-electron chi connectivity index (χ0n) is 12.4. The molecule has 0 aromatic heterocycles. The van der Waals surface area contributed by atoms with E-state index in [-0.39, 0.29) is 0 Å². The first-order valence-electron chi connectivity index (χ1n) is 7.31. The fraction of sp³-hybridized carbons (Fsp3) is 0.625. The van der Waals surface area contributed by atoms with E-state index >= 15 is 0 Å². The number of likely N-dealkylation sites (N-methyl/N-ethyl adjacent to an activating group) is 1. The van der Waals surface area contributed by atoms with E-state index in [1.54, 1.807) is 7.11 Å². The first kappa shape index (κ1) is 14.4. The molecule has 1 aromatic carbocycles. The summed E-state index contributed by atoms with van der Waals surface area (Å²) in [4.78, 5) is 2.36. The van der Waals surface area contributed by atoms with E-state index in [0.717, 1.165) is 32.3 Å². The summed E-state index contributed by atoms with van der Waals surface area (Å²) in [6.45, 7) is 8.14. The summed E-state index contributed by atoms with van der Waals surface area (Å²) in [6, 6.07) is 7.56. The minimum absolute atomic E-state index is 0.771. The molecular weight excluding hydrogens is 236 g/mol. The van der Waals surface area contributed by atoms with Gasteiger partial charge in [-0.05, 0) is 49.9 Å². The van der Waals surface area contributed by atoms with Gasteiger partial charge < -0.3 is 15.0 Å². The molecule has 0 atom stereocenters.